The number of benzene rings is 3. The molecule has 0 saturated heterocycles. The van der Waals surface area contributed by atoms with Crippen LogP contribution in [-0.4, -0.2) is 18.4 Å². The van der Waals surface area contributed by atoms with Crippen LogP contribution in [0.4, 0.5) is 4.79 Å². The van der Waals surface area contributed by atoms with Crippen LogP contribution >= 0.6 is 0 Å². The minimum atomic E-state index is -0.633. The fourth-order valence-corrected chi connectivity index (χ4v) is 3.53. The number of alkyl carbamates (subject to hydrolysis) is 1. The molecule has 27 heavy (non-hydrogen) atoms. The molecule has 0 heterocycles. The quantitative estimate of drug-likeness (QED) is 0.693. The van der Waals surface area contributed by atoms with Crippen molar-refractivity contribution >= 4 is 12.4 Å². The van der Waals surface area contributed by atoms with Crippen molar-refractivity contribution in [3.8, 4) is 11.1 Å². The van der Waals surface area contributed by atoms with E-state index in [4.69, 9.17) is 4.74 Å². The Morgan fingerprint density at radius 3 is 2.04 bits per heavy atom. The molecular formula is C23H19NO3. The van der Waals surface area contributed by atoms with Crippen molar-refractivity contribution in [2.45, 2.75) is 18.6 Å². The van der Waals surface area contributed by atoms with Gasteiger partial charge in [0, 0.05) is 11.1 Å². The van der Waals surface area contributed by atoms with Crippen LogP contribution in [0.15, 0.2) is 78.9 Å². The maximum absolute atomic E-state index is 12.5. The summed E-state index contributed by atoms with van der Waals surface area (Å²) >= 11 is 0. The van der Waals surface area contributed by atoms with Crippen molar-refractivity contribution in [3.05, 3.63) is 95.6 Å². The Hall–Kier alpha value is -3.40. The van der Waals surface area contributed by atoms with Crippen molar-refractivity contribution in [2.75, 3.05) is 0 Å². The molecule has 1 aliphatic rings. The number of fused-ring (bicyclic) bond motifs is 3. The zero-order valence-electron chi connectivity index (χ0n) is 14.7. The first-order chi connectivity index (χ1) is 13.3. The highest BCUT2D eigenvalue weighted by Crippen LogP contribution is 2.44. The van der Waals surface area contributed by atoms with Crippen LogP contribution in [-0.2, 0) is 16.0 Å². The van der Waals surface area contributed by atoms with Gasteiger partial charge in [-0.05, 0) is 23.1 Å². The van der Waals surface area contributed by atoms with Gasteiger partial charge in [-0.1, -0.05) is 78.9 Å². The van der Waals surface area contributed by atoms with E-state index in [1.807, 2.05) is 78.9 Å². The average Bonchev–Trinajstić information content (AvgIpc) is 3.02. The third-order valence-corrected chi connectivity index (χ3v) is 4.77. The number of rotatable bonds is 5. The lowest BCUT2D eigenvalue weighted by Crippen LogP contribution is -2.38. The first-order valence-electron chi connectivity index (χ1n) is 8.91. The molecule has 1 atom stereocenters. The summed E-state index contributed by atoms with van der Waals surface area (Å²) in [6.45, 7) is 0. The minimum absolute atomic E-state index is 0.428. The predicted molar refractivity (Wildman–Crippen MR) is 103 cm³/mol. The maximum atomic E-state index is 12.5. The van der Waals surface area contributed by atoms with Crippen LogP contribution in [0.25, 0.3) is 11.1 Å². The van der Waals surface area contributed by atoms with E-state index >= 15 is 0 Å². The molecule has 0 spiro atoms. The molecule has 1 amide bonds. The summed E-state index contributed by atoms with van der Waals surface area (Å²) in [7, 11) is 0. The molecule has 0 fully saturated rings. The van der Waals surface area contributed by atoms with Crippen molar-refractivity contribution in [3.63, 3.8) is 0 Å². The number of ether oxygens (including phenoxy) is 1. The van der Waals surface area contributed by atoms with Gasteiger partial charge in [0.1, 0.15) is 6.29 Å². The van der Waals surface area contributed by atoms with Crippen molar-refractivity contribution in [2.24, 2.45) is 0 Å². The van der Waals surface area contributed by atoms with Gasteiger partial charge >= 0.3 is 6.09 Å². The number of carbonyl (C=O) groups excluding carboxylic acids is 2. The topological polar surface area (TPSA) is 55.4 Å². The normalized spacial score (nSPS) is 13.3. The van der Waals surface area contributed by atoms with Crippen LogP contribution in [0.3, 0.4) is 0 Å². The Balaban J connectivity index is 1.50. The van der Waals surface area contributed by atoms with E-state index in [0.717, 1.165) is 34.1 Å². The van der Waals surface area contributed by atoms with Crippen molar-refractivity contribution in [1.29, 1.82) is 0 Å². The fraction of sp³-hybridized carbons (Fsp3) is 0.130. The Bertz CT molecular complexity index is 923. The van der Waals surface area contributed by atoms with E-state index in [2.05, 4.69) is 5.32 Å². The van der Waals surface area contributed by atoms with Gasteiger partial charge in [-0.3, -0.25) is 0 Å². The van der Waals surface area contributed by atoms with Crippen LogP contribution in [0.2, 0.25) is 0 Å². The zero-order valence-corrected chi connectivity index (χ0v) is 14.7. The molecule has 4 nitrogen and oxygen atoms in total. The second-order valence-electron chi connectivity index (χ2n) is 6.54. The Labute approximate surface area is 157 Å². The summed E-state index contributed by atoms with van der Waals surface area (Å²) < 4.78 is 5.73. The molecule has 1 unspecified atom stereocenters. The van der Waals surface area contributed by atoms with Gasteiger partial charge in [0.15, 0.2) is 6.10 Å². The lowest BCUT2D eigenvalue weighted by molar-refractivity contribution is -0.109. The van der Waals surface area contributed by atoms with Gasteiger partial charge in [-0.2, -0.15) is 0 Å². The second kappa shape index (κ2) is 7.46. The smallest absolute Gasteiger partial charge is 0.408 e. The largest absolute Gasteiger partial charge is 0.436 e. The molecule has 1 N–H and O–H groups in total. The van der Waals surface area contributed by atoms with Gasteiger partial charge in [0.2, 0.25) is 0 Å². The molecule has 0 bridgehead atoms. The lowest BCUT2D eigenvalue weighted by Gasteiger charge is -2.18. The van der Waals surface area contributed by atoms with Crippen LogP contribution < -0.4 is 5.32 Å². The number of hydrogen-bond donors (Lipinski definition) is 1. The SMILES string of the molecule is O=CC(Cc1ccccc1)NC(=O)OC1c2ccccc2-c2ccccc21. The van der Waals surface area contributed by atoms with E-state index < -0.39 is 18.2 Å². The van der Waals surface area contributed by atoms with Gasteiger partial charge in [-0.15, -0.1) is 0 Å². The van der Waals surface area contributed by atoms with Gasteiger partial charge in [-0.25, -0.2) is 4.79 Å². The summed E-state index contributed by atoms with van der Waals surface area (Å²) in [6.07, 6.45) is 0.100. The molecule has 0 aliphatic heterocycles. The molecule has 3 aromatic rings. The van der Waals surface area contributed by atoms with Crippen LogP contribution in [0.1, 0.15) is 22.8 Å². The van der Waals surface area contributed by atoms with Crippen molar-refractivity contribution < 1.29 is 14.3 Å². The highest BCUT2D eigenvalue weighted by molar-refractivity contribution is 5.80. The van der Waals surface area contributed by atoms with E-state index in [0.29, 0.717) is 6.42 Å². The highest BCUT2D eigenvalue weighted by atomic mass is 16.6. The Morgan fingerprint density at radius 1 is 0.889 bits per heavy atom. The first-order valence-corrected chi connectivity index (χ1v) is 8.91. The summed E-state index contributed by atoms with van der Waals surface area (Å²) in [5.41, 5.74) is 5.04. The number of hydrogen-bond acceptors (Lipinski definition) is 3. The van der Waals surface area contributed by atoms with Gasteiger partial charge < -0.3 is 14.8 Å². The van der Waals surface area contributed by atoms with E-state index in [1.54, 1.807) is 0 Å². The fourth-order valence-electron chi connectivity index (χ4n) is 3.53. The third-order valence-electron chi connectivity index (χ3n) is 4.77. The highest BCUT2D eigenvalue weighted by Gasteiger charge is 2.31. The molecular weight excluding hydrogens is 338 g/mol. The van der Waals surface area contributed by atoms with E-state index in [-0.39, 0.29) is 0 Å². The third kappa shape index (κ3) is 3.47. The van der Waals surface area contributed by atoms with Gasteiger partial charge in [0.25, 0.3) is 0 Å². The molecule has 3 aromatic carbocycles. The van der Waals surface area contributed by atoms with Crippen LogP contribution in [0, 0.1) is 0 Å². The number of amides is 1. The molecule has 4 rings (SSSR count). The summed E-state index contributed by atoms with van der Waals surface area (Å²) in [6, 6.07) is 24.7. The number of nitrogens with one attached hydrogen (secondary N) is 1. The van der Waals surface area contributed by atoms with Crippen LogP contribution in [0.5, 0.6) is 0 Å². The molecule has 4 heteroatoms. The average molecular weight is 357 g/mol. The second-order valence-corrected chi connectivity index (χ2v) is 6.54. The first kappa shape index (κ1) is 17.0. The molecule has 0 saturated carbocycles. The summed E-state index contributed by atoms with van der Waals surface area (Å²) in [5, 5.41) is 2.67. The Kier molecular flexibility index (Phi) is 4.71. The van der Waals surface area contributed by atoms with E-state index in [9.17, 15) is 9.59 Å². The number of aldehydes is 1. The molecule has 134 valence electrons. The molecule has 0 aromatic heterocycles. The molecule has 0 radical (unpaired) electrons. The van der Waals surface area contributed by atoms with Crippen molar-refractivity contribution in [1.82, 2.24) is 5.32 Å². The predicted octanol–water partition coefficient (Wildman–Crippen LogP) is 4.29. The zero-order chi connectivity index (χ0) is 18.6. The molecule has 1 aliphatic carbocycles. The number of carbonyl (C=O) groups is 2. The van der Waals surface area contributed by atoms with Gasteiger partial charge in [0.05, 0.1) is 6.04 Å². The summed E-state index contributed by atoms with van der Waals surface area (Å²) in [5.74, 6) is 0. The van der Waals surface area contributed by atoms with E-state index in [1.165, 1.54) is 0 Å². The standard InChI is InChI=1S/C23H19NO3/c25-15-17(14-16-8-2-1-3-9-16)24-23(26)27-22-20-12-6-4-10-18(20)19-11-5-7-13-21(19)22/h1-13,15,17,22H,14H2,(H,24,26). The summed E-state index contributed by atoms with van der Waals surface area (Å²) in [4.78, 5) is 23.9. The maximum Gasteiger partial charge on any atom is 0.408 e. The lowest BCUT2D eigenvalue weighted by atomic mass is 10.1. The Morgan fingerprint density at radius 2 is 1.44 bits per heavy atom. The minimum Gasteiger partial charge on any atom is -0.436 e. The monoisotopic (exact) mass is 357 g/mol.